The van der Waals surface area contributed by atoms with E-state index >= 15 is 0 Å². The molecule has 0 atom stereocenters. The molecule has 3 nitrogen and oxygen atoms in total. The lowest BCUT2D eigenvalue weighted by atomic mass is 10.3. The van der Waals surface area contributed by atoms with E-state index in [1.165, 1.54) is 17.2 Å². The van der Waals surface area contributed by atoms with Crippen LogP contribution >= 0.6 is 11.3 Å². The van der Waals surface area contributed by atoms with Crippen LogP contribution in [-0.2, 0) is 6.42 Å². The standard InChI is InChI=1S/C10H17N3S/c1-2-3-9-8-14-10(12-9)13-6-4-11-5-7-13/h8,11H,2-7H2,1H3. The molecule has 0 aliphatic carbocycles. The first-order valence-corrected chi connectivity index (χ1v) is 6.18. The molecule has 0 unspecified atom stereocenters. The van der Waals surface area contributed by atoms with Crippen molar-refractivity contribution in [1.29, 1.82) is 0 Å². The largest absolute Gasteiger partial charge is 0.346 e. The lowest BCUT2D eigenvalue weighted by Gasteiger charge is -2.26. The maximum atomic E-state index is 4.64. The number of hydrogen-bond donors (Lipinski definition) is 1. The Morgan fingerprint density at radius 3 is 3.00 bits per heavy atom. The van der Waals surface area contributed by atoms with Gasteiger partial charge in [-0.1, -0.05) is 13.3 Å². The Labute approximate surface area is 89.1 Å². The monoisotopic (exact) mass is 211 g/mol. The van der Waals surface area contributed by atoms with Crippen LogP contribution in [0.4, 0.5) is 5.13 Å². The first kappa shape index (κ1) is 9.93. The zero-order valence-electron chi connectivity index (χ0n) is 8.62. The van der Waals surface area contributed by atoms with Gasteiger partial charge in [0.1, 0.15) is 0 Å². The number of aromatic nitrogens is 1. The molecular weight excluding hydrogens is 194 g/mol. The Morgan fingerprint density at radius 2 is 2.29 bits per heavy atom. The highest BCUT2D eigenvalue weighted by atomic mass is 32.1. The molecule has 0 spiro atoms. The lowest BCUT2D eigenvalue weighted by Crippen LogP contribution is -2.43. The van der Waals surface area contributed by atoms with E-state index in [0.29, 0.717) is 0 Å². The number of hydrogen-bond acceptors (Lipinski definition) is 4. The Hall–Kier alpha value is -0.610. The van der Waals surface area contributed by atoms with Crippen molar-refractivity contribution in [2.45, 2.75) is 19.8 Å². The van der Waals surface area contributed by atoms with E-state index in [0.717, 1.165) is 32.6 Å². The molecule has 0 radical (unpaired) electrons. The van der Waals surface area contributed by atoms with Crippen molar-refractivity contribution in [3.63, 3.8) is 0 Å². The number of thiazole rings is 1. The molecule has 78 valence electrons. The smallest absolute Gasteiger partial charge is 0.185 e. The number of anilines is 1. The molecule has 4 heteroatoms. The van der Waals surface area contributed by atoms with Gasteiger partial charge in [0, 0.05) is 31.6 Å². The number of aryl methyl sites for hydroxylation is 1. The number of rotatable bonds is 3. The molecular formula is C10H17N3S. The second kappa shape index (κ2) is 4.75. The van der Waals surface area contributed by atoms with Crippen LogP contribution in [0.15, 0.2) is 5.38 Å². The lowest BCUT2D eigenvalue weighted by molar-refractivity contribution is 0.588. The molecule has 2 rings (SSSR count). The van der Waals surface area contributed by atoms with Crippen LogP contribution in [-0.4, -0.2) is 31.2 Å². The second-order valence-electron chi connectivity index (χ2n) is 3.61. The molecule has 0 amide bonds. The normalized spacial score (nSPS) is 17.4. The van der Waals surface area contributed by atoms with Crippen molar-refractivity contribution in [3.8, 4) is 0 Å². The van der Waals surface area contributed by atoms with Gasteiger partial charge in [0.15, 0.2) is 5.13 Å². The van der Waals surface area contributed by atoms with E-state index in [-0.39, 0.29) is 0 Å². The molecule has 0 saturated carbocycles. The molecule has 0 aromatic carbocycles. The molecule has 14 heavy (non-hydrogen) atoms. The second-order valence-corrected chi connectivity index (χ2v) is 4.45. The Kier molecular flexibility index (Phi) is 3.37. The molecule has 1 N–H and O–H groups in total. The van der Waals surface area contributed by atoms with E-state index in [1.54, 1.807) is 11.3 Å². The predicted molar refractivity (Wildman–Crippen MR) is 61.2 cm³/mol. The number of piperazine rings is 1. The summed E-state index contributed by atoms with van der Waals surface area (Å²) in [6.07, 6.45) is 2.30. The highest BCUT2D eigenvalue weighted by molar-refractivity contribution is 7.13. The fourth-order valence-corrected chi connectivity index (χ4v) is 2.58. The minimum atomic E-state index is 1.09. The fraction of sp³-hybridized carbons (Fsp3) is 0.700. The van der Waals surface area contributed by atoms with Gasteiger partial charge in [0.25, 0.3) is 0 Å². The zero-order chi connectivity index (χ0) is 9.80. The van der Waals surface area contributed by atoms with E-state index in [4.69, 9.17) is 0 Å². The van der Waals surface area contributed by atoms with Crippen molar-refractivity contribution in [1.82, 2.24) is 10.3 Å². The van der Waals surface area contributed by atoms with Gasteiger partial charge in [0.05, 0.1) is 5.69 Å². The summed E-state index contributed by atoms with van der Waals surface area (Å²) in [7, 11) is 0. The van der Waals surface area contributed by atoms with Gasteiger partial charge in [0.2, 0.25) is 0 Å². The van der Waals surface area contributed by atoms with Gasteiger partial charge in [-0.15, -0.1) is 11.3 Å². The molecule has 1 aliphatic rings. The summed E-state index contributed by atoms with van der Waals surface area (Å²) >= 11 is 1.78. The molecule has 1 aromatic heterocycles. The topological polar surface area (TPSA) is 28.2 Å². The van der Waals surface area contributed by atoms with Gasteiger partial charge in [-0.25, -0.2) is 4.98 Å². The predicted octanol–water partition coefficient (Wildman–Crippen LogP) is 1.51. The van der Waals surface area contributed by atoms with Gasteiger partial charge >= 0.3 is 0 Å². The first-order valence-electron chi connectivity index (χ1n) is 5.30. The third kappa shape index (κ3) is 2.25. The summed E-state index contributed by atoms with van der Waals surface area (Å²) in [6.45, 7) is 6.56. The van der Waals surface area contributed by atoms with Crippen molar-refractivity contribution in [2.75, 3.05) is 31.1 Å². The van der Waals surface area contributed by atoms with Crippen LogP contribution in [0.25, 0.3) is 0 Å². The van der Waals surface area contributed by atoms with Crippen molar-refractivity contribution < 1.29 is 0 Å². The summed E-state index contributed by atoms with van der Waals surface area (Å²) in [5.41, 5.74) is 1.26. The van der Waals surface area contributed by atoms with Crippen molar-refractivity contribution >= 4 is 16.5 Å². The third-order valence-corrected chi connectivity index (χ3v) is 3.38. The summed E-state index contributed by atoms with van der Waals surface area (Å²) in [4.78, 5) is 7.02. The van der Waals surface area contributed by atoms with E-state index in [2.05, 4.69) is 27.5 Å². The maximum Gasteiger partial charge on any atom is 0.185 e. The minimum Gasteiger partial charge on any atom is -0.346 e. The van der Waals surface area contributed by atoms with Crippen molar-refractivity contribution in [2.24, 2.45) is 0 Å². The van der Waals surface area contributed by atoms with Crippen LogP contribution in [0.1, 0.15) is 19.0 Å². The van der Waals surface area contributed by atoms with Crippen LogP contribution in [0, 0.1) is 0 Å². The summed E-state index contributed by atoms with van der Waals surface area (Å²) < 4.78 is 0. The molecule has 2 heterocycles. The number of nitrogens with one attached hydrogen (secondary N) is 1. The fourth-order valence-electron chi connectivity index (χ4n) is 1.67. The Balaban J connectivity index is 2.00. The average Bonchev–Trinajstić information content (AvgIpc) is 2.68. The van der Waals surface area contributed by atoms with Gasteiger partial charge in [-0.05, 0) is 6.42 Å². The molecule has 1 fully saturated rings. The first-order chi connectivity index (χ1) is 6.90. The van der Waals surface area contributed by atoms with Crippen LogP contribution in [0.3, 0.4) is 0 Å². The highest BCUT2D eigenvalue weighted by Gasteiger charge is 2.13. The maximum absolute atomic E-state index is 4.64. The average molecular weight is 211 g/mol. The molecule has 1 saturated heterocycles. The SMILES string of the molecule is CCCc1csc(N2CCNCC2)n1. The molecule has 0 bridgehead atoms. The minimum absolute atomic E-state index is 1.09. The van der Waals surface area contributed by atoms with Gasteiger partial charge in [-0.2, -0.15) is 0 Å². The zero-order valence-corrected chi connectivity index (χ0v) is 9.44. The van der Waals surface area contributed by atoms with Crippen LogP contribution < -0.4 is 10.2 Å². The number of nitrogens with zero attached hydrogens (tertiary/aromatic N) is 2. The summed E-state index contributed by atoms with van der Waals surface area (Å²) in [5.74, 6) is 0. The molecule has 1 aromatic rings. The highest BCUT2D eigenvalue weighted by Crippen LogP contribution is 2.21. The molecule has 1 aliphatic heterocycles. The summed E-state index contributed by atoms with van der Waals surface area (Å²) in [6, 6.07) is 0. The van der Waals surface area contributed by atoms with E-state index in [1.807, 2.05) is 0 Å². The summed E-state index contributed by atoms with van der Waals surface area (Å²) in [5, 5.41) is 6.75. The quantitative estimate of drug-likeness (QED) is 0.821. The van der Waals surface area contributed by atoms with E-state index < -0.39 is 0 Å². The van der Waals surface area contributed by atoms with Crippen molar-refractivity contribution in [3.05, 3.63) is 11.1 Å². The Bertz CT molecular complexity index is 279. The van der Waals surface area contributed by atoms with Gasteiger partial charge < -0.3 is 10.2 Å². The third-order valence-electron chi connectivity index (χ3n) is 2.43. The Morgan fingerprint density at radius 1 is 1.50 bits per heavy atom. The van der Waals surface area contributed by atoms with Crippen LogP contribution in [0.5, 0.6) is 0 Å². The van der Waals surface area contributed by atoms with E-state index in [9.17, 15) is 0 Å². The van der Waals surface area contributed by atoms with Crippen LogP contribution in [0.2, 0.25) is 0 Å². The van der Waals surface area contributed by atoms with Gasteiger partial charge in [-0.3, -0.25) is 0 Å².